The number of carbonyl (C=O) groups is 1. The molecule has 0 aliphatic heterocycles. The molecule has 0 saturated heterocycles. The van der Waals surface area contributed by atoms with Gasteiger partial charge in [0.05, 0.1) is 12.0 Å². The van der Waals surface area contributed by atoms with Gasteiger partial charge >= 0.3 is 5.97 Å². The first kappa shape index (κ1) is 28.3. The first-order chi connectivity index (χ1) is 21.1. The van der Waals surface area contributed by atoms with Crippen molar-refractivity contribution in [2.24, 2.45) is 0 Å². The summed E-state index contributed by atoms with van der Waals surface area (Å²) in [6.45, 7) is 2.87. The third-order valence-electron chi connectivity index (χ3n) is 7.94. The molecule has 0 N–H and O–H groups in total. The first-order valence-corrected chi connectivity index (χ1v) is 14.5. The van der Waals surface area contributed by atoms with Crippen LogP contribution in [0.1, 0.15) is 29.2 Å². The average Bonchev–Trinajstić information content (AvgIpc) is 3.35. The van der Waals surface area contributed by atoms with Crippen LogP contribution in [0.3, 0.4) is 0 Å². The van der Waals surface area contributed by atoms with Gasteiger partial charge < -0.3 is 18.9 Å². The zero-order valence-electron chi connectivity index (χ0n) is 24.4. The van der Waals surface area contributed by atoms with E-state index in [9.17, 15) is 4.79 Å². The van der Waals surface area contributed by atoms with Crippen molar-refractivity contribution in [3.63, 3.8) is 0 Å². The predicted molar refractivity (Wildman–Crippen MR) is 169 cm³/mol. The Morgan fingerprint density at radius 3 is 1.86 bits per heavy atom. The summed E-state index contributed by atoms with van der Waals surface area (Å²) in [5, 5.41) is 0. The van der Waals surface area contributed by atoms with E-state index >= 15 is 0 Å². The van der Waals surface area contributed by atoms with Gasteiger partial charge in [0.2, 0.25) is 0 Å². The topological polar surface area (TPSA) is 54.0 Å². The maximum Gasteiger partial charge on any atom is 0.302 e. The number of hydrogen-bond acceptors (Lipinski definition) is 5. The Bertz CT molecular complexity index is 1660. The van der Waals surface area contributed by atoms with Gasteiger partial charge in [-0.3, -0.25) is 4.79 Å². The summed E-state index contributed by atoms with van der Waals surface area (Å²) in [5.41, 5.74) is 8.72. The zero-order chi connectivity index (χ0) is 29.6. The van der Waals surface area contributed by atoms with Crippen molar-refractivity contribution in [2.45, 2.75) is 12.3 Å². The Morgan fingerprint density at radius 1 is 0.605 bits per heavy atom. The molecule has 0 amide bonds. The van der Waals surface area contributed by atoms with E-state index in [1.807, 2.05) is 18.2 Å². The Morgan fingerprint density at radius 2 is 1.21 bits per heavy atom. The molecule has 0 atom stereocenters. The van der Waals surface area contributed by atoms with Gasteiger partial charge in [0.1, 0.15) is 31.3 Å². The summed E-state index contributed by atoms with van der Waals surface area (Å²) >= 11 is 0. The van der Waals surface area contributed by atoms with Gasteiger partial charge in [0.15, 0.2) is 0 Å². The summed E-state index contributed by atoms with van der Waals surface area (Å²) in [6.07, 6.45) is 0. The third-order valence-corrected chi connectivity index (χ3v) is 7.94. The summed E-state index contributed by atoms with van der Waals surface area (Å²) < 4.78 is 22.4. The fourth-order valence-corrected chi connectivity index (χ4v) is 6.14. The molecular weight excluding hydrogens is 536 g/mol. The second kappa shape index (κ2) is 12.6. The summed E-state index contributed by atoms with van der Waals surface area (Å²) in [4.78, 5) is 11.1. The van der Waals surface area contributed by atoms with Gasteiger partial charge in [-0.1, -0.05) is 97.1 Å². The molecular formula is C38H34O5. The largest absolute Gasteiger partial charge is 0.491 e. The molecule has 5 aromatic carbocycles. The lowest BCUT2D eigenvalue weighted by atomic mass is 9.67. The molecule has 0 bridgehead atoms. The maximum atomic E-state index is 11.1. The maximum absolute atomic E-state index is 11.1. The summed E-state index contributed by atoms with van der Waals surface area (Å²) in [7, 11) is 1.68. The first-order valence-electron chi connectivity index (χ1n) is 14.5. The van der Waals surface area contributed by atoms with E-state index < -0.39 is 5.41 Å². The van der Waals surface area contributed by atoms with E-state index in [4.69, 9.17) is 18.9 Å². The minimum absolute atomic E-state index is 0.211. The Labute approximate surface area is 252 Å². The van der Waals surface area contributed by atoms with E-state index in [0.29, 0.717) is 19.8 Å². The number of fused-ring (bicyclic) bond motifs is 3. The van der Waals surface area contributed by atoms with Crippen molar-refractivity contribution in [3.8, 4) is 33.8 Å². The molecule has 1 aliphatic rings. The van der Waals surface area contributed by atoms with Crippen molar-refractivity contribution < 1.29 is 23.7 Å². The van der Waals surface area contributed by atoms with Gasteiger partial charge in [-0.25, -0.2) is 0 Å². The van der Waals surface area contributed by atoms with Crippen LogP contribution in [-0.4, -0.2) is 39.5 Å². The van der Waals surface area contributed by atoms with Crippen LogP contribution in [0.5, 0.6) is 11.5 Å². The normalized spacial score (nSPS) is 12.7. The highest BCUT2D eigenvalue weighted by Gasteiger charge is 2.46. The van der Waals surface area contributed by atoms with E-state index in [-0.39, 0.29) is 12.6 Å². The molecule has 5 aromatic rings. The number of benzene rings is 5. The van der Waals surface area contributed by atoms with Crippen LogP contribution in [0.15, 0.2) is 121 Å². The molecule has 43 heavy (non-hydrogen) atoms. The van der Waals surface area contributed by atoms with E-state index in [1.54, 1.807) is 7.11 Å². The molecule has 0 heterocycles. The smallest absolute Gasteiger partial charge is 0.302 e. The van der Waals surface area contributed by atoms with Crippen LogP contribution in [0, 0.1) is 0 Å². The molecule has 0 spiro atoms. The fraction of sp³-hybridized carbons (Fsp3) is 0.184. The quantitative estimate of drug-likeness (QED) is 0.118. The monoisotopic (exact) mass is 570 g/mol. The Kier molecular flexibility index (Phi) is 8.25. The van der Waals surface area contributed by atoms with Crippen LogP contribution >= 0.6 is 0 Å². The number of carbonyl (C=O) groups excluding carboxylic acids is 1. The SMILES string of the molecule is COCCOc1ccc(C2(c3ccc(OCCOC(C)=O)cc3)c3ccccc3-c3ccccc32)cc1-c1ccccc1. The van der Waals surface area contributed by atoms with Crippen molar-refractivity contribution in [2.75, 3.05) is 33.5 Å². The molecule has 1 aliphatic carbocycles. The predicted octanol–water partition coefficient (Wildman–Crippen LogP) is 7.68. The second-order valence-corrected chi connectivity index (χ2v) is 10.5. The van der Waals surface area contributed by atoms with E-state index in [1.165, 1.54) is 29.2 Å². The highest BCUT2D eigenvalue weighted by Crippen LogP contribution is 2.56. The van der Waals surface area contributed by atoms with Crippen molar-refractivity contribution >= 4 is 5.97 Å². The molecule has 216 valence electrons. The van der Waals surface area contributed by atoms with Gasteiger partial charge in [0.25, 0.3) is 0 Å². The average molecular weight is 571 g/mol. The number of methoxy groups -OCH3 is 1. The van der Waals surface area contributed by atoms with Crippen molar-refractivity contribution in [1.82, 2.24) is 0 Å². The van der Waals surface area contributed by atoms with Crippen LogP contribution in [0.4, 0.5) is 0 Å². The standard InChI is InChI=1S/C38H34O5/c1-27(39)41-24-25-42-31-19-16-29(17-20-31)38(35-14-8-6-12-32(35)33-13-7-9-15-36(33)38)30-18-21-37(43-23-22-40-2)34(26-30)28-10-4-3-5-11-28/h3-21,26H,22-25H2,1-2H3. The van der Waals surface area contributed by atoms with Crippen LogP contribution in [-0.2, 0) is 19.7 Å². The lowest BCUT2D eigenvalue weighted by Crippen LogP contribution is -2.28. The van der Waals surface area contributed by atoms with Crippen LogP contribution in [0.2, 0.25) is 0 Å². The van der Waals surface area contributed by atoms with Crippen molar-refractivity contribution in [3.05, 3.63) is 144 Å². The molecule has 0 aromatic heterocycles. The third kappa shape index (κ3) is 5.40. The highest BCUT2D eigenvalue weighted by molar-refractivity contribution is 5.87. The van der Waals surface area contributed by atoms with Crippen LogP contribution < -0.4 is 9.47 Å². The lowest BCUT2D eigenvalue weighted by molar-refractivity contribution is -0.141. The molecule has 5 heteroatoms. The Balaban J connectivity index is 1.52. The minimum atomic E-state index is -0.571. The molecule has 0 fully saturated rings. The minimum Gasteiger partial charge on any atom is -0.491 e. The summed E-state index contributed by atoms with van der Waals surface area (Å²) in [6, 6.07) is 42.6. The van der Waals surface area contributed by atoms with E-state index in [0.717, 1.165) is 33.8 Å². The number of rotatable bonds is 11. The fourth-order valence-electron chi connectivity index (χ4n) is 6.14. The second-order valence-electron chi connectivity index (χ2n) is 10.5. The van der Waals surface area contributed by atoms with Crippen molar-refractivity contribution in [1.29, 1.82) is 0 Å². The Hall–Kier alpha value is -4.87. The molecule has 5 nitrogen and oxygen atoms in total. The molecule has 0 unspecified atom stereocenters. The molecule has 6 rings (SSSR count). The van der Waals surface area contributed by atoms with Gasteiger partial charge in [-0.15, -0.1) is 0 Å². The van der Waals surface area contributed by atoms with Crippen LogP contribution in [0.25, 0.3) is 22.3 Å². The number of ether oxygens (including phenoxy) is 4. The number of esters is 1. The zero-order valence-corrected chi connectivity index (χ0v) is 24.4. The lowest BCUT2D eigenvalue weighted by Gasteiger charge is -2.34. The van der Waals surface area contributed by atoms with Gasteiger partial charge in [0, 0.05) is 19.6 Å². The van der Waals surface area contributed by atoms with Gasteiger partial charge in [-0.05, 0) is 63.2 Å². The van der Waals surface area contributed by atoms with Gasteiger partial charge in [-0.2, -0.15) is 0 Å². The number of hydrogen-bond donors (Lipinski definition) is 0. The molecule has 0 radical (unpaired) electrons. The highest BCUT2D eigenvalue weighted by atomic mass is 16.6. The molecule has 0 saturated carbocycles. The summed E-state index contributed by atoms with van der Waals surface area (Å²) in [5.74, 6) is 1.22. The van der Waals surface area contributed by atoms with E-state index in [2.05, 4.69) is 103 Å².